The highest BCUT2D eigenvalue weighted by atomic mass is 14.9. The molecule has 0 aromatic carbocycles. The lowest BCUT2D eigenvalue weighted by atomic mass is 10.0. The summed E-state index contributed by atoms with van der Waals surface area (Å²) in [6.45, 7) is 7.56. The standard InChI is InChI=1S/C15H26N2/c1-4-6-8-15(7-5-2)17-12-14-9-13(3)10-16-11-14/h9-11,15,17H,4-8,12H2,1-3H3. The van der Waals surface area contributed by atoms with Crippen molar-refractivity contribution in [2.24, 2.45) is 0 Å². The van der Waals surface area contributed by atoms with E-state index in [0.29, 0.717) is 6.04 Å². The number of rotatable bonds is 8. The van der Waals surface area contributed by atoms with E-state index in [4.69, 9.17) is 0 Å². The van der Waals surface area contributed by atoms with Gasteiger partial charge in [-0.3, -0.25) is 4.98 Å². The Morgan fingerprint density at radius 2 is 2.00 bits per heavy atom. The van der Waals surface area contributed by atoms with Gasteiger partial charge in [0.05, 0.1) is 0 Å². The molecule has 1 aromatic heterocycles. The van der Waals surface area contributed by atoms with E-state index in [9.17, 15) is 0 Å². The quantitative estimate of drug-likeness (QED) is 0.739. The van der Waals surface area contributed by atoms with E-state index in [1.165, 1.54) is 43.2 Å². The van der Waals surface area contributed by atoms with Crippen molar-refractivity contribution in [3.05, 3.63) is 29.6 Å². The Labute approximate surface area is 106 Å². The second kappa shape index (κ2) is 8.24. The minimum Gasteiger partial charge on any atom is -0.310 e. The number of unbranched alkanes of at least 4 members (excludes halogenated alkanes) is 1. The SMILES string of the molecule is CCCCC(CCC)NCc1cncc(C)c1. The third kappa shape index (κ3) is 5.83. The summed E-state index contributed by atoms with van der Waals surface area (Å²) in [4.78, 5) is 4.23. The zero-order valence-corrected chi connectivity index (χ0v) is 11.5. The number of nitrogens with one attached hydrogen (secondary N) is 1. The maximum absolute atomic E-state index is 4.23. The van der Waals surface area contributed by atoms with Crippen molar-refractivity contribution < 1.29 is 0 Å². The summed E-state index contributed by atoms with van der Waals surface area (Å²) in [5, 5.41) is 3.66. The summed E-state index contributed by atoms with van der Waals surface area (Å²) < 4.78 is 0. The number of hydrogen-bond acceptors (Lipinski definition) is 2. The van der Waals surface area contributed by atoms with Gasteiger partial charge in [-0.05, 0) is 30.9 Å². The van der Waals surface area contributed by atoms with Crippen LogP contribution in [0.3, 0.4) is 0 Å². The van der Waals surface area contributed by atoms with Crippen LogP contribution in [0.15, 0.2) is 18.5 Å². The van der Waals surface area contributed by atoms with Crippen LogP contribution < -0.4 is 5.32 Å². The number of aromatic nitrogens is 1. The maximum Gasteiger partial charge on any atom is 0.0313 e. The maximum atomic E-state index is 4.23. The van der Waals surface area contributed by atoms with Crippen LogP contribution in [0.4, 0.5) is 0 Å². The van der Waals surface area contributed by atoms with E-state index in [-0.39, 0.29) is 0 Å². The van der Waals surface area contributed by atoms with Crippen LogP contribution in [-0.2, 0) is 6.54 Å². The molecule has 1 rings (SSSR count). The fourth-order valence-electron chi connectivity index (χ4n) is 2.12. The molecule has 0 bridgehead atoms. The third-order valence-corrected chi connectivity index (χ3v) is 3.07. The molecule has 2 heteroatoms. The molecule has 1 aromatic rings. The van der Waals surface area contributed by atoms with Gasteiger partial charge in [-0.1, -0.05) is 39.2 Å². The van der Waals surface area contributed by atoms with Crippen LogP contribution in [0.2, 0.25) is 0 Å². The summed E-state index contributed by atoms with van der Waals surface area (Å²) in [6.07, 6.45) is 10.3. The zero-order chi connectivity index (χ0) is 12.5. The predicted molar refractivity (Wildman–Crippen MR) is 74.0 cm³/mol. The van der Waals surface area contributed by atoms with Crippen molar-refractivity contribution in [1.29, 1.82) is 0 Å². The Morgan fingerprint density at radius 1 is 1.18 bits per heavy atom. The Kier molecular flexibility index (Phi) is 6.87. The molecule has 0 aliphatic heterocycles. The topological polar surface area (TPSA) is 24.9 Å². The van der Waals surface area contributed by atoms with Crippen molar-refractivity contribution in [3.63, 3.8) is 0 Å². The van der Waals surface area contributed by atoms with Crippen LogP contribution in [0.1, 0.15) is 57.1 Å². The fraction of sp³-hybridized carbons (Fsp3) is 0.667. The normalized spacial score (nSPS) is 12.6. The molecule has 0 radical (unpaired) electrons. The molecule has 0 saturated carbocycles. The highest BCUT2D eigenvalue weighted by Gasteiger charge is 2.06. The molecule has 0 aliphatic rings. The number of pyridine rings is 1. The average molecular weight is 234 g/mol. The first-order valence-corrected chi connectivity index (χ1v) is 6.90. The Balaban J connectivity index is 2.39. The third-order valence-electron chi connectivity index (χ3n) is 3.07. The van der Waals surface area contributed by atoms with Gasteiger partial charge < -0.3 is 5.32 Å². The first kappa shape index (κ1) is 14.2. The van der Waals surface area contributed by atoms with Crippen LogP contribution in [-0.4, -0.2) is 11.0 Å². The van der Waals surface area contributed by atoms with E-state index in [1.54, 1.807) is 0 Å². The molecule has 2 nitrogen and oxygen atoms in total. The van der Waals surface area contributed by atoms with E-state index in [1.807, 2.05) is 12.4 Å². The molecule has 0 fully saturated rings. The van der Waals surface area contributed by atoms with Gasteiger partial charge in [0, 0.05) is 25.0 Å². The van der Waals surface area contributed by atoms with Crippen molar-refractivity contribution in [2.45, 2.75) is 65.5 Å². The van der Waals surface area contributed by atoms with Crippen LogP contribution >= 0.6 is 0 Å². The molecule has 0 spiro atoms. The lowest BCUT2D eigenvalue weighted by molar-refractivity contribution is 0.434. The van der Waals surface area contributed by atoms with E-state index in [2.05, 4.69) is 37.1 Å². The van der Waals surface area contributed by atoms with Gasteiger partial charge in [-0.25, -0.2) is 0 Å². The van der Waals surface area contributed by atoms with E-state index < -0.39 is 0 Å². The summed E-state index contributed by atoms with van der Waals surface area (Å²) in [7, 11) is 0. The van der Waals surface area contributed by atoms with Gasteiger partial charge in [0.2, 0.25) is 0 Å². The molecule has 96 valence electrons. The molecule has 1 N–H and O–H groups in total. The van der Waals surface area contributed by atoms with Crippen molar-refractivity contribution >= 4 is 0 Å². The van der Waals surface area contributed by atoms with Gasteiger partial charge in [-0.15, -0.1) is 0 Å². The highest BCUT2D eigenvalue weighted by molar-refractivity contribution is 5.16. The largest absolute Gasteiger partial charge is 0.310 e. The second-order valence-electron chi connectivity index (χ2n) is 4.88. The van der Waals surface area contributed by atoms with Crippen molar-refractivity contribution in [1.82, 2.24) is 10.3 Å². The summed E-state index contributed by atoms with van der Waals surface area (Å²) in [5.41, 5.74) is 2.53. The molecule has 1 atom stereocenters. The molecule has 0 saturated heterocycles. The van der Waals surface area contributed by atoms with Gasteiger partial charge in [0.15, 0.2) is 0 Å². The monoisotopic (exact) mass is 234 g/mol. The summed E-state index contributed by atoms with van der Waals surface area (Å²) >= 11 is 0. The molecule has 1 unspecified atom stereocenters. The predicted octanol–water partition coefficient (Wildman–Crippen LogP) is 3.84. The molecule has 0 amide bonds. The van der Waals surface area contributed by atoms with Crippen molar-refractivity contribution in [3.8, 4) is 0 Å². The van der Waals surface area contributed by atoms with Gasteiger partial charge >= 0.3 is 0 Å². The van der Waals surface area contributed by atoms with Crippen LogP contribution in [0.25, 0.3) is 0 Å². The van der Waals surface area contributed by atoms with Crippen LogP contribution in [0.5, 0.6) is 0 Å². The highest BCUT2D eigenvalue weighted by Crippen LogP contribution is 2.08. The van der Waals surface area contributed by atoms with Gasteiger partial charge in [0.25, 0.3) is 0 Å². The number of hydrogen-bond donors (Lipinski definition) is 1. The van der Waals surface area contributed by atoms with E-state index >= 15 is 0 Å². The first-order chi connectivity index (χ1) is 8.26. The summed E-state index contributed by atoms with van der Waals surface area (Å²) in [6, 6.07) is 2.88. The van der Waals surface area contributed by atoms with Crippen molar-refractivity contribution in [2.75, 3.05) is 0 Å². The first-order valence-electron chi connectivity index (χ1n) is 6.90. The van der Waals surface area contributed by atoms with Crippen LogP contribution in [0, 0.1) is 6.92 Å². The minimum atomic E-state index is 0.667. The lowest BCUT2D eigenvalue weighted by Gasteiger charge is -2.17. The molecule has 17 heavy (non-hydrogen) atoms. The van der Waals surface area contributed by atoms with Gasteiger partial charge in [0.1, 0.15) is 0 Å². The lowest BCUT2D eigenvalue weighted by Crippen LogP contribution is -2.28. The zero-order valence-electron chi connectivity index (χ0n) is 11.5. The molecular formula is C15H26N2. The number of nitrogens with zero attached hydrogens (tertiary/aromatic N) is 1. The second-order valence-corrected chi connectivity index (χ2v) is 4.88. The average Bonchev–Trinajstić information content (AvgIpc) is 2.33. The smallest absolute Gasteiger partial charge is 0.0313 e. The Bertz CT molecular complexity index is 310. The number of aryl methyl sites for hydroxylation is 1. The fourth-order valence-corrected chi connectivity index (χ4v) is 2.12. The van der Waals surface area contributed by atoms with E-state index in [0.717, 1.165) is 6.54 Å². The minimum absolute atomic E-state index is 0.667. The van der Waals surface area contributed by atoms with Gasteiger partial charge in [-0.2, -0.15) is 0 Å². The molecule has 0 aliphatic carbocycles. The molecule has 1 heterocycles. The Morgan fingerprint density at radius 3 is 2.65 bits per heavy atom. The summed E-state index contributed by atoms with van der Waals surface area (Å²) in [5.74, 6) is 0. The Hall–Kier alpha value is -0.890. The molecular weight excluding hydrogens is 208 g/mol.